The van der Waals surface area contributed by atoms with Crippen molar-refractivity contribution in [2.24, 2.45) is 0 Å². The van der Waals surface area contributed by atoms with E-state index in [4.69, 9.17) is 14.5 Å². The maximum Gasteiger partial charge on any atom is 0.338 e. The molecule has 0 bridgehead atoms. The van der Waals surface area contributed by atoms with Crippen LogP contribution >= 0.6 is 0 Å². The lowest BCUT2D eigenvalue weighted by atomic mass is 9.85. The van der Waals surface area contributed by atoms with Gasteiger partial charge in [0.2, 0.25) is 0 Å². The summed E-state index contributed by atoms with van der Waals surface area (Å²) in [4.78, 5) is 21.4. The van der Waals surface area contributed by atoms with E-state index in [1.54, 1.807) is 7.11 Å². The minimum absolute atomic E-state index is 0.334. The van der Waals surface area contributed by atoms with E-state index in [1.165, 1.54) is 7.11 Å². The van der Waals surface area contributed by atoms with Gasteiger partial charge in [-0.05, 0) is 31.8 Å². The predicted molar refractivity (Wildman–Crippen MR) is 93.9 cm³/mol. The van der Waals surface area contributed by atoms with Crippen molar-refractivity contribution >= 4 is 22.6 Å². The Bertz CT molecular complexity index is 827. The topological polar surface area (TPSA) is 79.1 Å². The number of esters is 1. The highest BCUT2D eigenvalue weighted by Gasteiger charge is 2.41. The SMILES string of the molecule is CCCn1ncc2c(C)nc(C3=CCC(OC)(C(=O)OC)CC3)nc21. The summed E-state index contributed by atoms with van der Waals surface area (Å²) in [5, 5.41) is 5.40. The quantitative estimate of drug-likeness (QED) is 0.776. The van der Waals surface area contributed by atoms with Gasteiger partial charge in [-0.25, -0.2) is 19.4 Å². The number of nitrogens with zero attached hydrogens (tertiary/aromatic N) is 4. The highest BCUT2D eigenvalue weighted by molar-refractivity contribution is 5.82. The first-order chi connectivity index (χ1) is 12.0. The first kappa shape index (κ1) is 17.5. The fourth-order valence-electron chi connectivity index (χ4n) is 3.29. The van der Waals surface area contributed by atoms with E-state index in [0.717, 1.165) is 35.3 Å². The van der Waals surface area contributed by atoms with Gasteiger partial charge < -0.3 is 9.47 Å². The summed E-state index contributed by atoms with van der Waals surface area (Å²) in [5.41, 5.74) is 1.91. The Hall–Kier alpha value is -2.28. The third-order valence-electron chi connectivity index (χ3n) is 4.83. The summed E-state index contributed by atoms with van der Waals surface area (Å²) in [6, 6.07) is 0. The van der Waals surface area contributed by atoms with Crippen LogP contribution in [-0.2, 0) is 20.8 Å². The number of methoxy groups -OCH3 is 2. The van der Waals surface area contributed by atoms with Crippen molar-refractivity contribution in [2.45, 2.75) is 51.7 Å². The monoisotopic (exact) mass is 344 g/mol. The second-order valence-electron chi connectivity index (χ2n) is 6.36. The Labute approximate surface area is 147 Å². The number of aryl methyl sites for hydroxylation is 2. The average Bonchev–Trinajstić information content (AvgIpc) is 3.05. The smallest absolute Gasteiger partial charge is 0.338 e. The molecule has 0 amide bonds. The molecule has 2 aromatic rings. The number of carbonyl (C=O) groups excluding carboxylic acids is 1. The van der Waals surface area contributed by atoms with E-state index in [1.807, 2.05) is 23.9 Å². The van der Waals surface area contributed by atoms with Gasteiger partial charge in [0, 0.05) is 20.1 Å². The normalized spacial score (nSPS) is 20.6. The largest absolute Gasteiger partial charge is 0.467 e. The van der Waals surface area contributed by atoms with E-state index < -0.39 is 5.60 Å². The molecule has 0 radical (unpaired) electrons. The second-order valence-corrected chi connectivity index (χ2v) is 6.36. The van der Waals surface area contributed by atoms with Crippen LogP contribution in [0.25, 0.3) is 16.6 Å². The summed E-state index contributed by atoms with van der Waals surface area (Å²) < 4.78 is 12.3. The summed E-state index contributed by atoms with van der Waals surface area (Å²) in [6.45, 7) is 4.92. The lowest BCUT2D eigenvalue weighted by molar-refractivity contribution is -0.166. The molecule has 3 rings (SSSR count). The van der Waals surface area contributed by atoms with Crippen molar-refractivity contribution in [2.75, 3.05) is 14.2 Å². The van der Waals surface area contributed by atoms with Crippen LogP contribution in [-0.4, -0.2) is 45.5 Å². The Balaban J connectivity index is 1.96. The van der Waals surface area contributed by atoms with Crippen molar-refractivity contribution in [1.29, 1.82) is 0 Å². The van der Waals surface area contributed by atoms with Crippen molar-refractivity contribution in [1.82, 2.24) is 19.7 Å². The molecule has 7 heteroatoms. The Morgan fingerprint density at radius 1 is 1.36 bits per heavy atom. The zero-order valence-electron chi connectivity index (χ0n) is 15.2. The summed E-state index contributed by atoms with van der Waals surface area (Å²) >= 11 is 0. The summed E-state index contributed by atoms with van der Waals surface area (Å²) in [7, 11) is 2.93. The fourth-order valence-corrected chi connectivity index (χ4v) is 3.29. The van der Waals surface area contributed by atoms with E-state index >= 15 is 0 Å². The lowest BCUT2D eigenvalue weighted by Crippen LogP contribution is -2.42. The predicted octanol–water partition coefficient (Wildman–Crippen LogP) is 2.67. The Kier molecular flexibility index (Phi) is 4.85. The number of carbonyl (C=O) groups is 1. The molecule has 2 aromatic heterocycles. The molecule has 0 aliphatic heterocycles. The molecule has 25 heavy (non-hydrogen) atoms. The zero-order chi connectivity index (χ0) is 18.0. The Morgan fingerprint density at radius 3 is 2.76 bits per heavy atom. The fraction of sp³-hybridized carbons (Fsp3) is 0.556. The zero-order valence-corrected chi connectivity index (χ0v) is 15.2. The molecule has 0 N–H and O–H groups in total. The summed E-state index contributed by atoms with van der Waals surface area (Å²) in [6.07, 6.45) is 6.48. The number of fused-ring (bicyclic) bond motifs is 1. The number of hydrogen-bond acceptors (Lipinski definition) is 6. The molecule has 134 valence electrons. The minimum atomic E-state index is -0.901. The third kappa shape index (κ3) is 3.04. The van der Waals surface area contributed by atoms with Gasteiger partial charge in [-0.15, -0.1) is 0 Å². The number of hydrogen-bond donors (Lipinski definition) is 0. The number of aromatic nitrogens is 4. The molecule has 2 heterocycles. The average molecular weight is 344 g/mol. The van der Waals surface area contributed by atoms with Gasteiger partial charge in [0.15, 0.2) is 17.1 Å². The molecule has 0 spiro atoms. The van der Waals surface area contributed by atoms with E-state index in [2.05, 4.69) is 17.0 Å². The number of ether oxygens (including phenoxy) is 2. The molecule has 1 atom stereocenters. The van der Waals surface area contributed by atoms with Crippen LogP contribution < -0.4 is 0 Å². The molecule has 0 saturated heterocycles. The molecule has 0 fully saturated rings. The second kappa shape index (κ2) is 6.92. The van der Waals surface area contributed by atoms with Crippen molar-refractivity contribution in [3.63, 3.8) is 0 Å². The van der Waals surface area contributed by atoms with Crippen molar-refractivity contribution < 1.29 is 14.3 Å². The van der Waals surface area contributed by atoms with Gasteiger partial charge in [0.1, 0.15) is 0 Å². The van der Waals surface area contributed by atoms with Crippen LogP contribution in [0.1, 0.15) is 44.1 Å². The van der Waals surface area contributed by atoms with Gasteiger partial charge in [0.25, 0.3) is 0 Å². The van der Waals surface area contributed by atoms with Crippen LogP contribution in [0, 0.1) is 6.92 Å². The van der Waals surface area contributed by atoms with Crippen LogP contribution in [0.2, 0.25) is 0 Å². The maximum absolute atomic E-state index is 12.1. The van der Waals surface area contributed by atoms with Crippen LogP contribution in [0.15, 0.2) is 12.3 Å². The van der Waals surface area contributed by atoms with Gasteiger partial charge in [0.05, 0.1) is 24.4 Å². The van der Waals surface area contributed by atoms with Gasteiger partial charge in [-0.2, -0.15) is 5.10 Å². The van der Waals surface area contributed by atoms with Gasteiger partial charge >= 0.3 is 5.97 Å². The van der Waals surface area contributed by atoms with Crippen LogP contribution in [0.3, 0.4) is 0 Å². The van der Waals surface area contributed by atoms with Crippen molar-refractivity contribution in [3.05, 3.63) is 23.8 Å². The molecule has 7 nitrogen and oxygen atoms in total. The van der Waals surface area contributed by atoms with Gasteiger partial charge in [-0.1, -0.05) is 13.0 Å². The Morgan fingerprint density at radius 2 is 2.16 bits per heavy atom. The first-order valence-corrected chi connectivity index (χ1v) is 8.57. The summed E-state index contributed by atoms with van der Waals surface area (Å²) in [5.74, 6) is 0.372. The van der Waals surface area contributed by atoms with Crippen LogP contribution in [0.5, 0.6) is 0 Å². The van der Waals surface area contributed by atoms with E-state index in [-0.39, 0.29) is 5.97 Å². The molecular formula is C18H24N4O3. The number of rotatable bonds is 5. The van der Waals surface area contributed by atoms with Gasteiger partial charge in [-0.3, -0.25) is 0 Å². The lowest BCUT2D eigenvalue weighted by Gasteiger charge is -2.32. The standard InChI is InChI=1S/C18H24N4O3/c1-5-10-22-16-14(11-19-22)12(2)20-15(21-16)13-6-8-18(25-4,9-7-13)17(23)24-3/h6,11H,5,7-10H2,1-4H3. The first-order valence-electron chi connectivity index (χ1n) is 8.57. The number of allylic oxidation sites excluding steroid dienone is 1. The molecule has 0 aromatic carbocycles. The highest BCUT2D eigenvalue weighted by atomic mass is 16.6. The highest BCUT2D eigenvalue weighted by Crippen LogP contribution is 2.35. The van der Waals surface area contributed by atoms with Crippen molar-refractivity contribution in [3.8, 4) is 0 Å². The molecule has 1 unspecified atom stereocenters. The van der Waals surface area contributed by atoms with Crippen LogP contribution in [0.4, 0.5) is 0 Å². The molecule has 1 aliphatic carbocycles. The maximum atomic E-state index is 12.1. The van der Waals surface area contributed by atoms with E-state index in [0.29, 0.717) is 25.1 Å². The third-order valence-corrected chi connectivity index (χ3v) is 4.83. The van der Waals surface area contributed by atoms with E-state index in [9.17, 15) is 4.79 Å². The molecular weight excluding hydrogens is 320 g/mol. The minimum Gasteiger partial charge on any atom is -0.467 e. The molecule has 0 saturated carbocycles. The molecule has 1 aliphatic rings.